The first kappa shape index (κ1) is 17.3. The Hall–Kier alpha value is -2.14. The first-order chi connectivity index (χ1) is 12.6. The van der Waals surface area contributed by atoms with Crippen LogP contribution in [-0.4, -0.2) is 18.0 Å². The van der Waals surface area contributed by atoms with Crippen molar-refractivity contribution in [1.82, 2.24) is 9.55 Å². The van der Waals surface area contributed by atoms with E-state index in [1.807, 2.05) is 12.1 Å². The monoisotopic (exact) mass is 368 g/mol. The highest BCUT2D eigenvalue weighted by Gasteiger charge is 2.23. The molecular formula is C21H24N2O2S. The summed E-state index contributed by atoms with van der Waals surface area (Å²) in [4.78, 5) is 5.51. The minimum atomic E-state index is -3.51. The Morgan fingerprint density at radius 2 is 1.73 bits per heavy atom. The fourth-order valence-corrected chi connectivity index (χ4v) is 5.34. The van der Waals surface area contributed by atoms with Crippen LogP contribution in [0.25, 0.3) is 11.0 Å². The molecule has 4 rings (SSSR count). The van der Waals surface area contributed by atoms with Gasteiger partial charge in [-0.25, -0.2) is 13.4 Å². The van der Waals surface area contributed by atoms with Crippen molar-refractivity contribution in [3.05, 3.63) is 54.4 Å². The van der Waals surface area contributed by atoms with E-state index in [4.69, 9.17) is 4.98 Å². The molecule has 0 aliphatic heterocycles. The second-order valence-electron chi connectivity index (χ2n) is 7.02. The number of rotatable bonds is 4. The summed E-state index contributed by atoms with van der Waals surface area (Å²) in [5, 5.41) is 0. The van der Waals surface area contributed by atoms with Gasteiger partial charge in [-0.05, 0) is 50.1 Å². The average Bonchev–Trinajstić information content (AvgIpc) is 3.07. The standard InChI is InChI=1S/C21H24N2O2S/c1-2-23-20-14-13-18(26(24,25)17-11-7-4-8-12-17)15-19(20)22-21(23)16-9-5-3-6-10-16/h4,7-8,11-16H,2-3,5-6,9-10H2,1H3. The van der Waals surface area contributed by atoms with E-state index in [1.165, 1.54) is 32.1 Å². The Morgan fingerprint density at radius 3 is 2.42 bits per heavy atom. The van der Waals surface area contributed by atoms with Crippen LogP contribution in [0.3, 0.4) is 0 Å². The second kappa shape index (κ2) is 6.88. The van der Waals surface area contributed by atoms with Gasteiger partial charge in [-0.1, -0.05) is 37.5 Å². The van der Waals surface area contributed by atoms with Gasteiger partial charge < -0.3 is 4.57 Å². The van der Waals surface area contributed by atoms with Crippen molar-refractivity contribution >= 4 is 20.9 Å². The molecular weight excluding hydrogens is 344 g/mol. The molecule has 0 N–H and O–H groups in total. The lowest BCUT2D eigenvalue weighted by atomic mass is 9.88. The summed E-state index contributed by atoms with van der Waals surface area (Å²) in [6.07, 6.45) is 6.18. The first-order valence-electron chi connectivity index (χ1n) is 9.41. The van der Waals surface area contributed by atoms with Gasteiger partial charge in [0, 0.05) is 12.5 Å². The molecule has 136 valence electrons. The van der Waals surface area contributed by atoms with E-state index in [0.717, 1.165) is 23.4 Å². The number of hydrogen-bond acceptors (Lipinski definition) is 3. The molecule has 0 spiro atoms. The molecule has 26 heavy (non-hydrogen) atoms. The van der Waals surface area contributed by atoms with Gasteiger partial charge in [0.05, 0.1) is 20.8 Å². The maximum absolute atomic E-state index is 12.9. The van der Waals surface area contributed by atoms with Crippen LogP contribution in [0.1, 0.15) is 50.8 Å². The molecule has 1 fully saturated rings. The Labute approximate surface area is 154 Å². The van der Waals surface area contributed by atoms with Crippen molar-refractivity contribution in [1.29, 1.82) is 0 Å². The number of nitrogens with zero attached hydrogens (tertiary/aromatic N) is 2. The predicted molar refractivity (Wildman–Crippen MR) is 103 cm³/mol. The molecule has 1 aliphatic rings. The summed E-state index contributed by atoms with van der Waals surface area (Å²) < 4.78 is 28.1. The summed E-state index contributed by atoms with van der Waals surface area (Å²) in [5.74, 6) is 1.61. The van der Waals surface area contributed by atoms with Gasteiger partial charge in [-0.3, -0.25) is 0 Å². The number of aryl methyl sites for hydroxylation is 1. The Kier molecular flexibility index (Phi) is 4.57. The van der Waals surface area contributed by atoms with Crippen molar-refractivity contribution in [2.45, 2.75) is 61.3 Å². The van der Waals surface area contributed by atoms with E-state index >= 15 is 0 Å². The molecule has 2 aromatic carbocycles. The zero-order chi connectivity index (χ0) is 18.1. The predicted octanol–water partition coefficient (Wildman–Crippen LogP) is 4.94. The molecule has 0 saturated heterocycles. The van der Waals surface area contributed by atoms with Gasteiger partial charge in [0.25, 0.3) is 0 Å². The smallest absolute Gasteiger partial charge is 0.206 e. The highest BCUT2D eigenvalue weighted by atomic mass is 32.2. The Morgan fingerprint density at radius 1 is 1.00 bits per heavy atom. The molecule has 1 aromatic heterocycles. The Balaban J connectivity index is 1.80. The zero-order valence-corrected chi connectivity index (χ0v) is 15.9. The highest BCUT2D eigenvalue weighted by molar-refractivity contribution is 7.91. The molecule has 1 heterocycles. The van der Waals surface area contributed by atoms with Crippen molar-refractivity contribution in [2.24, 2.45) is 0 Å². The summed E-state index contributed by atoms with van der Waals surface area (Å²) in [6.45, 7) is 2.98. The topological polar surface area (TPSA) is 52.0 Å². The zero-order valence-electron chi connectivity index (χ0n) is 15.1. The van der Waals surface area contributed by atoms with E-state index in [-0.39, 0.29) is 0 Å². The number of hydrogen-bond donors (Lipinski definition) is 0. The first-order valence-corrected chi connectivity index (χ1v) is 10.9. The van der Waals surface area contributed by atoms with Crippen LogP contribution in [-0.2, 0) is 16.4 Å². The molecule has 0 radical (unpaired) electrons. The highest BCUT2D eigenvalue weighted by Crippen LogP contribution is 2.34. The lowest BCUT2D eigenvalue weighted by Gasteiger charge is -2.21. The molecule has 3 aromatic rings. The molecule has 4 nitrogen and oxygen atoms in total. The van der Waals surface area contributed by atoms with E-state index in [0.29, 0.717) is 15.7 Å². The van der Waals surface area contributed by atoms with Gasteiger partial charge in [0.15, 0.2) is 0 Å². The maximum Gasteiger partial charge on any atom is 0.206 e. The molecule has 1 saturated carbocycles. The van der Waals surface area contributed by atoms with Crippen molar-refractivity contribution in [2.75, 3.05) is 0 Å². The molecule has 0 atom stereocenters. The second-order valence-corrected chi connectivity index (χ2v) is 8.97. The summed E-state index contributed by atoms with van der Waals surface area (Å²) in [6, 6.07) is 13.9. The number of aromatic nitrogens is 2. The third-order valence-electron chi connectivity index (χ3n) is 5.40. The van der Waals surface area contributed by atoms with Crippen LogP contribution >= 0.6 is 0 Å². The summed E-state index contributed by atoms with van der Waals surface area (Å²) in [5.41, 5.74) is 1.81. The molecule has 0 amide bonds. The number of imidazole rings is 1. The molecule has 5 heteroatoms. The minimum absolute atomic E-state index is 0.312. The minimum Gasteiger partial charge on any atom is -0.328 e. The summed E-state index contributed by atoms with van der Waals surface area (Å²) >= 11 is 0. The lowest BCUT2D eigenvalue weighted by molar-refractivity contribution is 0.419. The quantitative estimate of drug-likeness (QED) is 0.655. The summed E-state index contributed by atoms with van der Waals surface area (Å²) in [7, 11) is -3.51. The fraction of sp³-hybridized carbons (Fsp3) is 0.381. The number of benzene rings is 2. The van der Waals surface area contributed by atoms with Crippen molar-refractivity contribution < 1.29 is 8.42 Å². The van der Waals surface area contributed by atoms with Gasteiger partial charge >= 0.3 is 0 Å². The normalized spacial score (nSPS) is 16.2. The average molecular weight is 369 g/mol. The SMILES string of the molecule is CCn1c(C2CCCCC2)nc2cc(S(=O)(=O)c3ccccc3)ccc21. The number of sulfone groups is 1. The third kappa shape index (κ3) is 2.94. The van der Waals surface area contributed by atoms with E-state index in [9.17, 15) is 8.42 Å². The van der Waals surface area contributed by atoms with Crippen LogP contribution in [0, 0.1) is 0 Å². The molecule has 0 bridgehead atoms. The number of fused-ring (bicyclic) bond motifs is 1. The lowest BCUT2D eigenvalue weighted by Crippen LogP contribution is -2.11. The van der Waals surface area contributed by atoms with Gasteiger partial charge in [0.1, 0.15) is 5.82 Å². The van der Waals surface area contributed by atoms with Crippen molar-refractivity contribution in [3.63, 3.8) is 0 Å². The van der Waals surface area contributed by atoms with Gasteiger partial charge in [-0.15, -0.1) is 0 Å². The van der Waals surface area contributed by atoms with Crippen LogP contribution in [0.15, 0.2) is 58.3 Å². The van der Waals surface area contributed by atoms with Crippen LogP contribution in [0.5, 0.6) is 0 Å². The Bertz CT molecular complexity index is 1020. The maximum atomic E-state index is 12.9. The van der Waals surface area contributed by atoms with Crippen LogP contribution < -0.4 is 0 Å². The largest absolute Gasteiger partial charge is 0.328 e. The molecule has 0 unspecified atom stereocenters. The van der Waals surface area contributed by atoms with Crippen molar-refractivity contribution in [3.8, 4) is 0 Å². The van der Waals surface area contributed by atoms with Gasteiger partial charge in [0.2, 0.25) is 9.84 Å². The molecule has 1 aliphatic carbocycles. The fourth-order valence-electron chi connectivity index (χ4n) is 4.04. The van der Waals surface area contributed by atoms with E-state index in [1.54, 1.807) is 36.4 Å². The third-order valence-corrected chi connectivity index (χ3v) is 7.17. The van der Waals surface area contributed by atoms with E-state index < -0.39 is 9.84 Å². The van der Waals surface area contributed by atoms with E-state index in [2.05, 4.69) is 11.5 Å². The van der Waals surface area contributed by atoms with Crippen LogP contribution in [0.2, 0.25) is 0 Å². The van der Waals surface area contributed by atoms with Crippen LogP contribution in [0.4, 0.5) is 0 Å². The van der Waals surface area contributed by atoms with Gasteiger partial charge in [-0.2, -0.15) is 0 Å².